The highest BCUT2D eigenvalue weighted by molar-refractivity contribution is 5.65. The highest BCUT2D eigenvalue weighted by Gasteiger charge is 2.13. The largest absolute Gasteiger partial charge is 0.496 e. The minimum atomic E-state index is 0.453. The molecule has 1 heterocycles. The number of hydrogen-bond acceptors (Lipinski definition) is 3. The van der Waals surface area contributed by atoms with E-state index in [1.54, 1.807) is 7.11 Å². The molecule has 1 aromatic heterocycles. The number of nitrogens with two attached hydrogens (primary N) is 1. The van der Waals surface area contributed by atoms with E-state index in [4.69, 9.17) is 10.5 Å². The summed E-state index contributed by atoms with van der Waals surface area (Å²) < 4.78 is 7.44. The van der Waals surface area contributed by atoms with E-state index in [0.29, 0.717) is 6.54 Å². The van der Waals surface area contributed by atoms with Gasteiger partial charge in [-0.15, -0.1) is 0 Å². The maximum atomic E-state index is 5.71. The van der Waals surface area contributed by atoms with E-state index >= 15 is 0 Å². The fourth-order valence-corrected chi connectivity index (χ4v) is 2.48. The number of aromatic nitrogens is 2. The van der Waals surface area contributed by atoms with Gasteiger partial charge >= 0.3 is 0 Å². The summed E-state index contributed by atoms with van der Waals surface area (Å²) in [4.78, 5) is 4.51. The van der Waals surface area contributed by atoms with Crippen molar-refractivity contribution in [2.24, 2.45) is 12.8 Å². The highest BCUT2D eigenvalue weighted by atomic mass is 16.5. The summed E-state index contributed by atoms with van der Waals surface area (Å²) in [5.74, 6) is 1.84. The van der Waals surface area contributed by atoms with Gasteiger partial charge in [0.2, 0.25) is 0 Å². The quantitative estimate of drug-likeness (QED) is 0.917. The van der Waals surface area contributed by atoms with Gasteiger partial charge in [-0.25, -0.2) is 4.98 Å². The molecule has 4 nitrogen and oxygen atoms in total. The maximum Gasteiger partial charge on any atom is 0.122 e. The van der Waals surface area contributed by atoms with Crippen molar-refractivity contribution in [1.82, 2.24) is 9.55 Å². The number of benzene rings is 1. The lowest BCUT2D eigenvalue weighted by molar-refractivity contribution is 0.410. The summed E-state index contributed by atoms with van der Waals surface area (Å²) in [5.41, 5.74) is 10.2. The molecule has 0 amide bonds. The standard InChI is InChI=1S/C15H21N3O/c1-5-11-8-12(6-7-13(11)19-4)15-10(2)17-14(9-16)18(15)3/h6-8H,5,9,16H2,1-4H3. The van der Waals surface area contributed by atoms with Crippen LogP contribution in [0.2, 0.25) is 0 Å². The van der Waals surface area contributed by atoms with Crippen LogP contribution in [-0.4, -0.2) is 16.7 Å². The molecule has 0 aliphatic heterocycles. The molecule has 4 heteroatoms. The van der Waals surface area contributed by atoms with Crippen LogP contribution in [0, 0.1) is 6.92 Å². The molecule has 0 aliphatic carbocycles. The molecule has 2 N–H and O–H groups in total. The van der Waals surface area contributed by atoms with Gasteiger partial charge in [0.25, 0.3) is 0 Å². The van der Waals surface area contributed by atoms with E-state index < -0.39 is 0 Å². The number of ether oxygens (including phenoxy) is 1. The van der Waals surface area contributed by atoms with Crippen molar-refractivity contribution < 1.29 is 4.74 Å². The molecule has 0 unspecified atom stereocenters. The third kappa shape index (κ3) is 2.36. The van der Waals surface area contributed by atoms with Crippen LogP contribution in [0.15, 0.2) is 18.2 Å². The average molecular weight is 259 g/mol. The fraction of sp³-hybridized carbons (Fsp3) is 0.400. The van der Waals surface area contributed by atoms with Crippen molar-refractivity contribution in [1.29, 1.82) is 0 Å². The second-order valence-electron chi connectivity index (χ2n) is 4.61. The second kappa shape index (κ2) is 5.45. The zero-order valence-electron chi connectivity index (χ0n) is 12.0. The van der Waals surface area contributed by atoms with Crippen molar-refractivity contribution in [2.45, 2.75) is 26.8 Å². The highest BCUT2D eigenvalue weighted by Crippen LogP contribution is 2.29. The van der Waals surface area contributed by atoms with Gasteiger partial charge in [-0.3, -0.25) is 0 Å². The topological polar surface area (TPSA) is 53.1 Å². The molecule has 0 fully saturated rings. The summed E-state index contributed by atoms with van der Waals surface area (Å²) >= 11 is 0. The molecule has 2 rings (SSSR count). The van der Waals surface area contributed by atoms with Crippen LogP contribution >= 0.6 is 0 Å². The van der Waals surface area contributed by atoms with Crippen LogP contribution in [0.1, 0.15) is 24.0 Å². The molecule has 19 heavy (non-hydrogen) atoms. The van der Waals surface area contributed by atoms with Crippen LogP contribution in [0.25, 0.3) is 11.3 Å². The van der Waals surface area contributed by atoms with Crippen LogP contribution in [0.5, 0.6) is 5.75 Å². The Hall–Kier alpha value is -1.81. The zero-order chi connectivity index (χ0) is 14.0. The number of nitrogens with zero attached hydrogens (tertiary/aromatic N) is 2. The molecule has 102 valence electrons. The van der Waals surface area contributed by atoms with Crippen molar-refractivity contribution >= 4 is 0 Å². The van der Waals surface area contributed by atoms with Crippen molar-refractivity contribution in [3.63, 3.8) is 0 Å². The summed E-state index contributed by atoms with van der Waals surface area (Å²) in [6.45, 7) is 4.60. The van der Waals surface area contributed by atoms with Crippen LogP contribution in [0.4, 0.5) is 0 Å². The normalized spacial score (nSPS) is 10.8. The van der Waals surface area contributed by atoms with Crippen LogP contribution in [-0.2, 0) is 20.0 Å². The Morgan fingerprint density at radius 1 is 1.37 bits per heavy atom. The first-order valence-electron chi connectivity index (χ1n) is 6.51. The minimum Gasteiger partial charge on any atom is -0.496 e. The van der Waals surface area contributed by atoms with Crippen molar-refractivity contribution in [3.05, 3.63) is 35.3 Å². The molecule has 0 atom stereocenters. The number of aryl methyl sites for hydroxylation is 2. The fourth-order valence-electron chi connectivity index (χ4n) is 2.48. The molecule has 0 radical (unpaired) electrons. The van der Waals surface area contributed by atoms with E-state index in [1.165, 1.54) is 5.56 Å². The first-order valence-corrected chi connectivity index (χ1v) is 6.51. The third-order valence-electron chi connectivity index (χ3n) is 3.48. The van der Waals surface area contributed by atoms with Gasteiger partial charge in [0.05, 0.1) is 25.0 Å². The molecule has 0 spiro atoms. The van der Waals surface area contributed by atoms with Gasteiger partial charge in [0.1, 0.15) is 11.6 Å². The molecule has 0 aliphatic rings. The van der Waals surface area contributed by atoms with Gasteiger partial charge in [-0.05, 0) is 37.1 Å². The van der Waals surface area contributed by atoms with Gasteiger partial charge in [-0.2, -0.15) is 0 Å². The molecular weight excluding hydrogens is 238 g/mol. The molecule has 1 aromatic carbocycles. The predicted octanol–water partition coefficient (Wildman–Crippen LogP) is 2.43. The Morgan fingerprint density at radius 3 is 2.63 bits per heavy atom. The van der Waals surface area contributed by atoms with Crippen molar-refractivity contribution in [3.8, 4) is 17.0 Å². The van der Waals surface area contributed by atoms with Gasteiger partial charge in [0, 0.05) is 12.6 Å². The monoisotopic (exact) mass is 259 g/mol. The molecule has 2 aromatic rings. The summed E-state index contributed by atoms with van der Waals surface area (Å²) in [5, 5.41) is 0. The van der Waals surface area contributed by atoms with Crippen LogP contribution < -0.4 is 10.5 Å². The molecule has 0 saturated heterocycles. The van der Waals surface area contributed by atoms with Crippen molar-refractivity contribution in [2.75, 3.05) is 7.11 Å². The Bertz CT molecular complexity index is 587. The lowest BCUT2D eigenvalue weighted by Crippen LogP contribution is -2.05. The van der Waals surface area contributed by atoms with Gasteiger partial charge in [0.15, 0.2) is 0 Å². The van der Waals surface area contributed by atoms with Crippen LogP contribution in [0.3, 0.4) is 0 Å². The number of methoxy groups -OCH3 is 1. The first-order chi connectivity index (χ1) is 9.12. The molecule has 0 bridgehead atoms. The second-order valence-corrected chi connectivity index (χ2v) is 4.61. The Labute approximate surface area is 114 Å². The van der Waals surface area contributed by atoms with E-state index in [9.17, 15) is 0 Å². The van der Waals surface area contributed by atoms with Gasteiger partial charge < -0.3 is 15.0 Å². The number of imidazole rings is 1. The number of hydrogen-bond donors (Lipinski definition) is 1. The third-order valence-corrected chi connectivity index (χ3v) is 3.48. The zero-order valence-corrected chi connectivity index (χ0v) is 12.0. The van der Waals surface area contributed by atoms with E-state index in [2.05, 4.69) is 28.6 Å². The SMILES string of the molecule is CCc1cc(-c2c(C)nc(CN)n2C)ccc1OC. The van der Waals surface area contributed by atoms with E-state index in [-0.39, 0.29) is 0 Å². The molecular formula is C15H21N3O. The summed E-state index contributed by atoms with van der Waals surface area (Å²) in [7, 11) is 3.71. The minimum absolute atomic E-state index is 0.453. The lowest BCUT2D eigenvalue weighted by Gasteiger charge is -2.11. The summed E-state index contributed by atoms with van der Waals surface area (Å²) in [6.07, 6.45) is 0.942. The average Bonchev–Trinajstić information content (AvgIpc) is 2.72. The number of rotatable bonds is 4. The van der Waals surface area contributed by atoms with E-state index in [0.717, 1.165) is 34.9 Å². The Kier molecular flexibility index (Phi) is 3.90. The molecule has 0 saturated carbocycles. The summed E-state index contributed by atoms with van der Waals surface area (Å²) in [6, 6.07) is 6.26. The smallest absolute Gasteiger partial charge is 0.122 e. The Balaban J connectivity index is 2.56. The first kappa shape index (κ1) is 13.6. The van der Waals surface area contributed by atoms with E-state index in [1.807, 2.05) is 20.0 Å². The Morgan fingerprint density at radius 2 is 2.11 bits per heavy atom. The predicted molar refractivity (Wildman–Crippen MR) is 77.2 cm³/mol. The lowest BCUT2D eigenvalue weighted by atomic mass is 10.0. The maximum absolute atomic E-state index is 5.71. The van der Waals surface area contributed by atoms with Gasteiger partial charge in [-0.1, -0.05) is 6.92 Å².